The molecule has 1 aliphatic rings. The van der Waals surface area contributed by atoms with Crippen molar-refractivity contribution in [3.05, 3.63) is 50.7 Å². The van der Waals surface area contributed by atoms with Gasteiger partial charge in [-0.1, -0.05) is 27.2 Å². The van der Waals surface area contributed by atoms with Gasteiger partial charge in [0, 0.05) is 31.7 Å². The largest absolute Gasteiger partial charge is 0.383 e. The topological polar surface area (TPSA) is 139 Å². The third-order valence-electron chi connectivity index (χ3n) is 5.82. The Balaban J connectivity index is 2.00. The molecule has 0 bridgehead atoms. The summed E-state index contributed by atoms with van der Waals surface area (Å²) in [6.07, 6.45) is 3.03. The molecule has 1 aliphatic heterocycles. The van der Waals surface area contributed by atoms with Crippen molar-refractivity contribution in [3.8, 4) is 0 Å². The first-order valence-corrected chi connectivity index (χ1v) is 13.1. The molecule has 186 valence electrons. The van der Waals surface area contributed by atoms with Crippen molar-refractivity contribution in [1.29, 1.82) is 0 Å². The number of unbranched alkanes of at least 4 members (excludes halogenated alkanes) is 1. The summed E-state index contributed by atoms with van der Waals surface area (Å²) < 4.78 is 28.3. The maximum Gasteiger partial charge on any atom is 0.330 e. The van der Waals surface area contributed by atoms with Crippen LogP contribution in [0.15, 0.2) is 38.8 Å². The molecule has 2 heterocycles. The lowest BCUT2D eigenvalue weighted by atomic mass is 10.1. The third-order valence-corrected chi connectivity index (χ3v) is 7.73. The summed E-state index contributed by atoms with van der Waals surface area (Å²) in [5.41, 5.74) is 5.02. The van der Waals surface area contributed by atoms with Crippen LogP contribution in [0.4, 0.5) is 11.5 Å². The van der Waals surface area contributed by atoms with Crippen molar-refractivity contribution in [2.45, 2.75) is 57.9 Å². The first kappa shape index (κ1) is 25.7. The Bertz CT molecular complexity index is 1240. The lowest BCUT2D eigenvalue weighted by Crippen LogP contribution is -2.42. The molecule has 1 fully saturated rings. The van der Waals surface area contributed by atoms with Crippen molar-refractivity contribution < 1.29 is 13.2 Å². The lowest BCUT2D eigenvalue weighted by molar-refractivity contribution is 0.0986. The van der Waals surface area contributed by atoms with Gasteiger partial charge in [0.1, 0.15) is 5.82 Å². The van der Waals surface area contributed by atoms with Gasteiger partial charge in [-0.3, -0.25) is 19.1 Å². The molecule has 1 amide bonds. The van der Waals surface area contributed by atoms with Crippen LogP contribution in [-0.4, -0.2) is 47.8 Å². The van der Waals surface area contributed by atoms with Gasteiger partial charge in [0.2, 0.25) is 10.0 Å². The van der Waals surface area contributed by atoms with E-state index in [1.54, 1.807) is 0 Å². The summed E-state index contributed by atoms with van der Waals surface area (Å²) in [6.45, 7) is 7.25. The second kappa shape index (κ2) is 10.6. The number of H-pyrrole nitrogens is 1. The number of hydrogen-bond acceptors (Lipinski definition) is 6. The van der Waals surface area contributed by atoms with Crippen molar-refractivity contribution in [3.63, 3.8) is 0 Å². The highest BCUT2D eigenvalue weighted by molar-refractivity contribution is 7.89. The molecule has 11 heteroatoms. The van der Waals surface area contributed by atoms with Crippen LogP contribution in [-0.2, 0) is 16.6 Å². The Morgan fingerprint density at radius 2 is 1.76 bits per heavy atom. The Kier molecular flexibility index (Phi) is 7.98. The summed E-state index contributed by atoms with van der Waals surface area (Å²) >= 11 is 0. The number of hydrogen-bond donors (Lipinski definition) is 2. The number of benzene rings is 1. The number of nitrogens with one attached hydrogen (secondary N) is 1. The van der Waals surface area contributed by atoms with Crippen molar-refractivity contribution in [2.24, 2.45) is 5.92 Å². The standard InChI is InChI=1S/C23H33N5O5S/c1-4-5-14-27(19-20(24)28(15-16(2)3)23(31)25-21(19)29)22(30)17-8-10-18(11-9-17)34(32,33)26-12-6-7-13-26/h8-11,16H,4-7,12-15,24H2,1-3H3,(H,25,29,31). The van der Waals surface area contributed by atoms with E-state index in [2.05, 4.69) is 4.98 Å². The highest BCUT2D eigenvalue weighted by Gasteiger charge is 2.29. The van der Waals surface area contributed by atoms with Crippen LogP contribution in [0.25, 0.3) is 0 Å². The van der Waals surface area contributed by atoms with Gasteiger partial charge in [0.05, 0.1) is 4.90 Å². The fourth-order valence-electron chi connectivity index (χ4n) is 4.02. The van der Waals surface area contributed by atoms with Gasteiger partial charge in [-0.05, 0) is 49.4 Å². The molecule has 34 heavy (non-hydrogen) atoms. The molecule has 3 rings (SSSR count). The molecule has 0 unspecified atom stereocenters. The molecule has 0 atom stereocenters. The molecule has 10 nitrogen and oxygen atoms in total. The van der Waals surface area contributed by atoms with Crippen molar-refractivity contribution in [2.75, 3.05) is 30.3 Å². The SMILES string of the molecule is CCCCN(C(=O)c1ccc(S(=O)(=O)N2CCCC2)cc1)c1c(N)n(CC(C)C)c(=O)[nH]c1=O. The van der Waals surface area contributed by atoms with E-state index in [4.69, 9.17) is 5.73 Å². The highest BCUT2D eigenvalue weighted by Crippen LogP contribution is 2.24. The lowest BCUT2D eigenvalue weighted by Gasteiger charge is -2.25. The van der Waals surface area contributed by atoms with E-state index in [1.807, 2.05) is 20.8 Å². The summed E-state index contributed by atoms with van der Waals surface area (Å²) in [5, 5.41) is 0. The van der Waals surface area contributed by atoms with E-state index < -0.39 is 27.2 Å². The summed E-state index contributed by atoms with van der Waals surface area (Å²) in [4.78, 5) is 42.2. The number of aromatic nitrogens is 2. The maximum atomic E-state index is 13.5. The third kappa shape index (κ3) is 5.25. The van der Waals surface area contributed by atoms with Crippen LogP contribution in [0.3, 0.4) is 0 Å². The normalized spacial score (nSPS) is 14.6. The number of aromatic amines is 1. The van der Waals surface area contributed by atoms with E-state index in [-0.39, 0.29) is 41.0 Å². The molecule has 0 saturated carbocycles. The Labute approximate surface area is 199 Å². The predicted molar refractivity (Wildman–Crippen MR) is 132 cm³/mol. The number of carbonyl (C=O) groups is 1. The fraction of sp³-hybridized carbons (Fsp3) is 0.522. The van der Waals surface area contributed by atoms with Gasteiger partial charge in [-0.2, -0.15) is 4.31 Å². The summed E-state index contributed by atoms with van der Waals surface area (Å²) in [7, 11) is -3.61. The minimum absolute atomic E-state index is 0.0693. The number of amides is 1. The van der Waals surface area contributed by atoms with Gasteiger partial charge < -0.3 is 10.6 Å². The molecule has 3 N–H and O–H groups in total. The van der Waals surface area contributed by atoms with Gasteiger partial charge in [0.15, 0.2) is 5.69 Å². The Hall–Kier alpha value is -2.92. The number of carbonyl (C=O) groups excluding carboxylic acids is 1. The molecule has 1 saturated heterocycles. The Morgan fingerprint density at radius 1 is 1.15 bits per heavy atom. The predicted octanol–water partition coefficient (Wildman–Crippen LogP) is 2.01. The molecule has 1 aromatic heterocycles. The molecule has 0 radical (unpaired) electrons. The van der Waals surface area contributed by atoms with E-state index in [1.165, 1.54) is 38.0 Å². The van der Waals surface area contributed by atoms with E-state index >= 15 is 0 Å². The molecular weight excluding hydrogens is 458 g/mol. The van der Waals surface area contributed by atoms with Crippen LogP contribution in [0.2, 0.25) is 0 Å². The molecule has 1 aromatic carbocycles. The van der Waals surface area contributed by atoms with Crippen molar-refractivity contribution in [1.82, 2.24) is 13.9 Å². The minimum atomic E-state index is -3.61. The highest BCUT2D eigenvalue weighted by atomic mass is 32.2. The van der Waals surface area contributed by atoms with Gasteiger partial charge in [-0.25, -0.2) is 13.2 Å². The fourth-order valence-corrected chi connectivity index (χ4v) is 5.54. The van der Waals surface area contributed by atoms with E-state index in [9.17, 15) is 22.8 Å². The first-order valence-electron chi connectivity index (χ1n) is 11.6. The monoisotopic (exact) mass is 491 g/mol. The zero-order valence-electron chi connectivity index (χ0n) is 19.9. The van der Waals surface area contributed by atoms with Crippen LogP contribution in [0.1, 0.15) is 56.8 Å². The summed E-state index contributed by atoms with van der Waals surface area (Å²) in [6, 6.07) is 5.70. The van der Waals surface area contributed by atoms with Crippen LogP contribution < -0.4 is 21.9 Å². The second-order valence-corrected chi connectivity index (χ2v) is 10.9. The molecular formula is C23H33N5O5S. The van der Waals surface area contributed by atoms with E-state index in [0.29, 0.717) is 19.5 Å². The van der Waals surface area contributed by atoms with Crippen LogP contribution in [0, 0.1) is 5.92 Å². The summed E-state index contributed by atoms with van der Waals surface area (Å²) in [5.74, 6) is -0.478. The number of nitrogens with two attached hydrogens (primary N) is 1. The zero-order chi connectivity index (χ0) is 25.0. The number of nitrogen functional groups attached to an aromatic ring is 1. The van der Waals surface area contributed by atoms with Gasteiger partial charge in [0.25, 0.3) is 11.5 Å². The Morgan fingerprint density at radius 3 is 2.32 bits per heavy atom. The van der Waals surface area contributed by atoms with Gasteiger partial charge in [-0.15, -0.1) is 0 Å². The number of anilines is 2. The van der Waals surface area contributed by atoms with Crippen molar-refractivity contribution >= 4 is 27.4 Å². The van der Waals surface area contributed by atoms with Gasteiger partial charge >= 0.3 is 5.69 Å². The maximum absolute atomic E-state index is 13.5. The number of nitrogens with zero attached hydrogens (tertiary/aromatic N) is 3. The number of rotatable bonds is 9. The molecule has 2 aromatic rings. The number of sulfonamides is 1. The van der Waals surface area contributed by atoms with Crippen LogP contribution in [0.5, 0.6) is 0 Å². The quantitative estimate of drug-likeness (QED) is 0.550. The average molecular weight is 492 g/mol. The first-order chi connectivity index (χ1) is 16.1. The average Bonchev–Trinajstić information content (AvgIpc) is 3.34. The minimum Gasteiger partial charge on any atom is -0.383 e. The van der Waals surface area contributed by atoms with E-state index in [0.717, 1.165) is 19.3 Å². The smallest absolute Gasteiger partial charge is 0.330 e. The molecule has 0 aliphatic carbocycles. The van der Waals surface area contributed by atoms with Crippen LogP contribution >= 0.6 is 0 Å². The second-order valence-electron chi connectivity index (χ2n) is 8.94. The molecule has 0 spiro atoms. The zero-order valence-corrected chi connectivity index (χ0v) is 20.7.